The summed E-state index contributed by atoms with van der Waals surface area (Å²) in [5.74, 6) is 0. The molecular weight excluding hydrogens is 288 g/mol. The molecule has 1 aromatic carbocycles. The molecule has 0 N–H and O–H groups in total. The number of rotatable bonds is 2. The number of benzene rings is 1. The highest BCUT2D eigenvalue weighted by atomic mass is 16.6. The van der Waals surface area contributed by atoms with Crippen molar-refractivity contribution in [2.45, 2.75) is 52.3 Å². The highest BCUT2D eigenvalue weighted by molar-refractivity contribution is 5.69. The Morgan fingerprint density at radius 2 is 2.00 bits per heavy atom. The predicted octanol–water partition coefficient (Wildman–Crippen LogP) is 3.52. The van der Waals surface area contributed by atoms with Gasteiger partial charge in [-0.3, -0.25) is 4.90 Å². The van der Waals surface area contributed by atoms with Gasteiger partial charge < -0.3 is 9.64 Å². The molecule has 0 bridgehead atoms. The van der Waals surface area contributed by atoms with Crippen LogP contribution >= 0.6 is 0 Å². The molecule has 0 radical (unpaired) electrons. The summed E-state index contributed by atoms with van der Waals surface area (Å²) in [6.45, 7) is 11.7. The molecule has 3 rings (SSSR count). The van der Waals surface area contributed by atoms with Gasteiger partial charge in [0.15, 0.2) is 0 Å². The van der Waals surface area contributed by atoms with Crippen LogP contribution in [0.3, 0.4) is 0 Å². The quantitative estimate of drug-likeness (QED) is 0.837. The van der Waals surface area contributed by atoms with Gasteiger partial charge in [0.25, 0.3) is 0 Å². The smallest absolute Gasteiger partial charge is 0.410 e. The highest BCUT2D eigenvalue weighted by Crippen LogP contribution is 2.43. The third-order valence-electron chi connectivity index (χ3n) is 5.04. The Balaban J connectivity index is 1.67. The lowest BCUT2D eigenvalue weighted by Gasteiger charge is -2.27. The first-order valence-corrected chi connectivity index (χ1v) is 8.53. The molecule has 0 saturated carbocycles. The zero-order chi connectivity index (χ0) is 16.7. The van der Waals surface area contributed by atoms with Gasteiger partial charge in [-0.1, -0.05) is 37.3 Å². The van der Waals surface area contributed by atoms with Crippen molar-refractivity contribution in [1.29, 1.82) is 0 Å². The van der Waals surface area contributed by atoms with Crippen LogP contribution in [0, 0.1) is 5.41 Å². The van der Waals surface area contributed by atoms with Crippen molar-refractivity contribution in [3.63, 3.8) is 0 Å². The molecule has 0 aliphatic carbocycles. The van der Waals surface area contributed by atoms with E-state index in [4.69, 9.17) is 4.74 Å². The molecule has 126 valence electrons. The van der Waals surface area contributed by atoms with E-state index in [1.54, 1.807) is 0 Å². The van der Waals surface area contributed by atoms with Gasteiger partial charge >= 0.3 is 6.09 Å². The molecule has 0 aromatic heterocycles. The maximum Gasteiger partial charge on any atom is 0.410 e. The Bertz CT molecular complexity index is 566. The Morgan fingerprint density at radius 3 is 2.65 bits per heavy atom. The zero-order valence-corrected chi connectivity index (χ0v) is 14.7. The first-order chi connectivity index (χ1) is 10.8. The third kappa shape index (κ3) is 3.52. The van der Waals surface area contributed by atoms with Crippen LogP contribution in [0.2, 0.25) is 0 Å². The van der Waals surface area contributed by atoms with Gasteiger partial charge in [0.2, 0.25) is 0 Å². The Morgan fingerprint density at radius 1 is 1.30 bits per heavy atom. The largest absolute Gasteiger partial charge is 0.444 e. The van der Waals surface area contributed by atoms with Crippen molar-refractivity contribution in [2.24, 2.45) is 5.41 Å². The zero-order valence-electron chi connectivity index (χ0n) is 14.7. The number of carbonyl (C=O) groups is 1. The number of amides is 1. The third-order valence-corrected chi connectivity index (χ3v) is 5.04. The van der Waals surface area contributed by atoms with Crippen LogP contribution in [0.4, 0.5) is 4.79 Å². The summed E-state index contributed by atoms with van der Waals surface area (Å²) in [5, 5.41) is 0. The van der Waals surface area contributed by atoms with Crippen LogP contribution in [0.15, 0.2) is 30.3 Å². The summed E-state index contributed by atoms with van der Waals surface area (Å²) in [7, 11) is 0. The fraction of sp³-hybridized carbons (Fsp3) is 0.632. The Hall–Kier alpha value is -1.55. The van der Waals surface area contributed by atoms with Crippen LogP contribution in [0.25, 0.3) is 0 Å². The number of likely N-dealkylation sites (tertiary alicyclic amines) is 2. The highest BCUT2D eigenvalue weighted by Gasteiger charge is 2.51. The summed E-state index contributed by atoms with van der Waals surface area (Å²) in [6, 6.07) is 11.0. The van der Waals surface area contributed by atoms with Crippen LogP contribution in [-0.4, -0.2) is 47.2 Å². The fourth-order valence-corrected chi connectivity index (χ4v) is 3.86. The summed E-state index contributed by atoms with van der Waals surface area (Å²) in [4.78, 5) is 16.8. The minimum Gasteiger partial charge on any atom is -0.444 e. The van der Waals surface area contributed by atoms with Gasteiger partial charge in [-0.05, 0) is 39.3 Å². The van der Waals surface area contributed by atoms with Crippen molar-refractivity contribution >= 4 is 6.09 Å². The minimum absolute atomic E-state index is 0.173. The van der Waals surface area contributed by atoms with Gasteiger partial charge in [0, 0.05) is 31.1 Å². The molecule has 2 heterocycles. The van der Waals surface area contributed by atoms with E-state index in [-0.39, 0.29) is 11.5 Å². The first kappa shape index (κ1) is 16.3. The number of hydrogen-bond acceptors (Lipinski definition) is 3. The lowest BCUT2D eigenvalue weighted by Crippen LogP contribution is -2.39. The normalized spacial score (nSPS) is 28.0. The molecule has 2 aliphatic heterocycles. The number of ether oxygens (including phenoxy) is 1. The lowest BCUT2D eigenvalue weighted by molar-refractivity contribution is 0.0264. The van der Waals surface area contributed by atoms with Crippen molar-refractivity contribution in [3.05, 3.63) is 35.9 Å². The predicted molar refractivity (Wildman–Crippen MR) is 91.2 cm³/mol. The van der Waals surface area contributed by atoms with Crippen LogP contribution in [-0.2, 0) is 11.3 Å². The summed E-state index contributed by atoms with van der Waals surface area (Å²) in [6.07, 6.45) is 0.969. The molecule has 2 unspecified atom stereocenters. The number of nitrogens with zero attached hydrogens (tertiary/aromatic N) is 2. The Labute approximate surface area is 139 Å². The van der Waals surface area contributed by atoms with E-state index in [1.165, 1.54) is 5.56 Å². The molecule has 2 aliphatic rings. The second kappa shape index (κ2) is 5.82. The summed E-state index contributed by atoms with van der Waals surface area (Å²) < 4.78 is 5.55. The maximum atomic E-state index is 12.4. The average Bonchev–Trinajstić information content (AvgIpc) is 2.94. The fourth-order valence-electron chi connectivity index (χ4n) is 3.86. The van der Waals surface area contributed by atoms with E-state index in [9.17, 15) is 4.79 Å². The summed E-state index contributed by atoms with van der Waals surface area (Å²) in [5.41, 5.74) is 1.10. The van der Waals surface area contributed by atoms with Gasteiger partial charge in [0.05, 0.1) is 0 Å². The molecule has 23 heavy (non-hydrogen) atoms. The molecule has 1 aromatic rings. The second-order valence-electron chi connectivity index (χ2n) is 8.24. The van der Waals surface area contributed by atoms with Crippen LogP contribution in [0.1, 0.15) is 39.7 Å². The van der Waals surface area contributed by atoms with Crippen molar-refractivity contribution < 1.29 is 9.53 Å². The van der Waals surface area contributed by atoms with Gasteiger partial charge in [-0.15, -0.1) is 0 Å². The lowest BCUT2D eigenvalue weighted by atomic mass is 9.85. The molecule has 1 amide bonds. The molecule has 4 nitrogen and oxygen atoms in total. The van der Waals surface area contributed by atoms with E-state index in [0.717, 1.165) is 32.6 Å². The van der Waals surface area contributed by atoms with E-state index in [1.807, 2.05) is 25.7 Å². The molecular formula is C19H28N2O2. The number of hydrogen-bond donors (Lipinski definition) is 0. The van der Waals surface area contributed by atoms with Crippen molar-refractivity contribution in [2.75, 3.05) is 19.6 Å². The standard InChI is InChI=1S/C19H28N2O2/c1-18(2,3)23-17(22)21-13-16-19(4,14-21)10-11-20(16)12-15-8-6-5-7-9-15/h5-9,16H,10-14H2,1-4H3. The molecule has 0 spiro atoms. The second-order valence-corrected chi connectivity index (χ2v) is 8.24. The SMILES string of the molecule is CC(C)(C)OC(=O)N1CC2N(Cc3ccccc3)CCC2(C)C1. The average molecular weight is 316 g/mol. The van der Waals surface area contributed by atoms with Crippen molar-refractivity contribution in [3.8, 4) is 0 Å². The molecule has 2 fully saturated rings. The van der Waals surface area contributed by atoms with E-state index in [0.29, 0.717) is 6.04 Å². The first-order valence-electron chi connectivity index (χ1n) is 8.53. The van der Waals surface area contributed by atoms with Gasteiger partial charge in [0.1, 0.15) is 5.60 Å². The Kier molecular flexibility index (Phi) is 4.13. The maximum absolute atomic E-state index is 12.4. The van der Waals surface area contributed by atoms with E-state index in [2.05, 4.69) is 42.2 Å². The van der Waals surface area contributed by atoms with Crippen LogP contribution in [0.5, 0.6) is 0 Å². The van der Waals surface area contributed by atoms with E-state index >= 15 is 0 Å². The molecule has 2 atom stereocenters. The summed E-state index contributed by atoms with van der Waals surface area (Å²) >= 11 is 0. The minimum atomic E-state index is -0.431. The van der Waals surface area contributed by atoms with E-state index < -0.39 is 5.60 Å². The number of carbonyl (C=O) groups excluding carboxylic acids is 1. The topological polar surface area (TPSA) is 32.8 Å². The van der Waals surface area contributed by atoms with Gasteiger partial charge in [-0.25, -0.2) is 4.79 Å². The molecule has 4 heteroatoms. The monoisotopic (exact) mass is 316 g/mol. The van der Waals surface area contributed by atoms with Crippen molar-refractivity contribution in [1.82, 2.24) is 9.80 Å². The van der Waals surface area contributed by atoms with Crippen LogP contribution < -0.4 is 0 Å². The van der Waals surface area contributed by atoms with Gasteiger partial charge in [-0.2, -0.15) is 0 Å². The molecule has 2 saturated heterocycles. The number of fused-ring (bicyclic) bond motifs is 1.